The van der Waals surface area contributed by atoms with Crippen LogP contribution in [-0.4, -0.2) is 48.8 Å². The normalized spacial score (nSPS) is 10.2. The van der Waals surface area contributed by atoms with E-state index >= 15 is 0 Å². The number of ether oxygens (including phenoxy) is 1. The standard InChI is InChI=1S/C14H21N3O4/c1-3-11-8-10(14(19)20)9-12(17-11)15-5-4-13(18)16-6-7-21-2/h8-9H,3-7H2,1-2H3,(H,15,17)(H,16,18)(H,19,20). The number of hydrogen-bond donors (Lipinski definition) is 3. The first-order chi connectivity index (χ1) is 10.1. The third kappa shape index (κ3) is 6.22. The lowest BCUT2D eigenvalue weighted by atomic mass is 10.2. The van der Waals surface area contributed by atoms with Crippen molar-refractivity contribution < 1.29 is 19.4 Å². The number of hydrogen-bond acceptors (Lipinski definition) is 5. The molecular weight excluding hydrogens is 274 g/mol. The Morgan fingerprint density at radius 3 is 2.71 bits per heavy atom. The first kappa shape index (κ1) is 16.9. The highest BCUT2D eigenvalue weighted by Crippen LogP contribution is 2.11. The molecule has 7 heteroatoms. The average molecular weight is 295 g/mol. The summed E-state index contributed by atoms with van der Waals surface area (Å²) >= 11 is 0. The molecular formula is C14H21N3O4. The molecule has 0 atom stereocenters. The van der Waals surface area contributed by atoms with Gasteiger partial charge in [0.25, 0.3) is 0 Å². The van der Waals surface area contributed by atoms with Crippen LogP contribution in [0.1, 0.15) is 29.4 Å². The van der Waals surface area contributed by atoms with Gasteiger partial charge in [0.05, 0.1) is 12.2 Å². The number of aryl methyl sites for hydroxylation is 1. The topological polar surface area (TPSA) is 101 Å². The molecule has 0 saturated heterocycles. The van der Waals surface area contributed by atoms with Crippen LogP contribution in [0.15, 0.2) is 12.1 Å². The number of anilines is 1. The van der Waals surface area contributed by atoms with Gasteiger partial charge in [0.2, 0.25) is 5.91 Å². The van der Waals surface area contributed by atoms with Gasteiger partial charge in [0, 0.05) is 32.3 Å². The fourth-order valence-electron chi connectivity index (χ4n) is 1.67. The van der Waals surface area contributed by atoms with Crippen LogP contribution in [0.25, 0.3) is 0 Å². The third-order valence-electron chi connectivity index (χ3n) is 2.77. The van der Waals surface area contributed by atoms with Crippen LogP contribution in [0.2, 0.25) is 0 Å². The van der Waals surface area contributed by atoms with Gasteiger partial charge in [-0.2, -0.15) is 0 Å². The van der Waals surface area contributed by atoms with Gasteiger partial charge in [-0.3, -0.25) is 4.79 Å². The summed E-state index contributed by atoms with van der Waals surface area (Å²) in [6.07, 6.45) is 0.928. The van der Waals surface area contributed by atoms with E-state index in [0.29, 0.717) is 37.6 Å². The van der Waals surface area contributed by atoms with Gasteiger partial charge in [-0.1, -0.05) is 6.92 Å². The average Bonchev–Trinajstić information content (AvgIpc) is 2.47. The van der Waals surface area contributed by atoms with E-state index < -0.39 is 5.97 Å². The van der Waals surface area contributed by atoms with Crippen molar-refractivity contribution in [2.24, 2.45) is 0 Å². The largest absolute Gasteiger partial charge is 0.478 e. The highest BCUT2D eigenvalue weighted by Gasteiger charge is 2.08. The number of methoxy groups -OCH3 is 1. The lowest BCUT2D eigenvalue weighted by molar-refractivity contribution is -0.121. The number of aromatic carboxylic acids is 1. The number of carbonyl (C=O) groups is 2. The van der Waals surface area contributed by atoms with E-state index in [2.05, 4.69) is 15.6 Å². The number of carboxylic acids is 1. The Kier molecular flexibility index (Phi) is 7.17. The van der Waals surface area contributed by atoms with Crippen molar-refractivity contribution in [1.82, 2.24) is 10.3 Å². The van der Waals surface area contributed by atoms with Gasteiger partial charge in [0.1, 0.15) is 5.82 Å². The van der Waals surface area contributed by atoms with Crippen molar-refractivity contribution in [1.29, 1.82) is 0 Å². The number of nitrogens with zero attached hydrogens (tertiary/aromatic N) is 1. The van der Waals surface area contributed by atoms with Crippen molar-refractivity contribution >= 4 is 17.7 Å². The molecule has 0 spiro atoms. The number of carbonyl (C=O) groups excluding carboxylic acids is 1. The van der Waals surface area contributed by atoms with Crippen molar-refractivity contribution in [3.05, 3.63) is 23.4 Å². The zero-order valence-corrected chi connectivity index (χ0v) is 12.3. The van der Waals surface area contributed by atoms with Gasteiger partial charge in [-0.15, -0.1) is 0 Å². The molecule has 21 heavy (non-hydrogen) atoms. The maximum Gasteiger partial charge on any atom is 0.335 e. The molecule has 3 N–H and O–H groups in total. The minimum absolute atomic E-state index is 0.0929. The van der Waals surface area contributed by atoms with E-state index in [1.165, 1.54) is 6.07 Å². The molecule has 0 fully saturated rings. The molecule has 0 aliphatic rings. The van der Waals surface area contributed by atoms with E-state index in [9.17, 15) is 9.59 Å². The second kappa shape index (κ2) is 8.91. The summed E-state index contributed by atoms with van der Waals surface area (Å²) < 4.78 is 4.83. The smallest absolute Gasteiger partial charge is 0.335 e. The van der Waals surface area contributed by atoms with Crippen molar-refractivity contribution in [3.8, 4) is 0 Å². The fraction of sp³-hybridized carbons (Fsp3) is 0.500. The third-order valence-corrected chi connectivity index (χ3v) is 2.77. The Labute approximate surface area is 123 Å². The SMILES string of the molecule is CCc1cc(C(=O)O)cc(NCCC(=O)NCCOC)n1. The van der Waals surface area contributed by atoms with Crippen LogP contribution in [-0.2, 0) is 16.0 Å². The van der Waals surface area contributed by atoms with Crippen LogP contribution in [0.3, 0.4) is 0 Å². The number of aromatic nitrogens is 1. The summed E-state index contributed by atoms with van der Waals surface area (Å²) in [5, 5.41) is 14.7. The summed E-state index contributed by atoms with van der Waals surface area (Å²) in [5.74, 6) is -0.617. The second-order valence-corrected chi connectivity index (χ2v) is 4.41. The van der Waals surface area contributed by atoms with Crippen LogP contribution in [0.4, 0.5) is 5.82 Å². The second-order valence-electron chi connectivity index (χ2n) is 4.41. The van der Waals surface area contributed by atoms with E-state index in [4.69, 9.17) is 9.84 Å². The van der Waals surface area contributed by atoms with E-state index in [1.807, 2.05) is 6.92 Å². The lowest BCUT2D eigenvalue weighted by Crippen LogP contribution is -2.28. The van der Waals surface area contributed by atoms with Gasteiger partial charge in [-0.05, 0) is 18.6 Å². The van der Waals surface area contributed by atoms with Gasteiger partial charge < -0.3 is 20.5 Å². The predicted octanol–water partition coefficient (Wildman–Crippen LogP) is 0.907. The highest BCUT2D eigenvalue weighted by molar-refractivity contribution is 5.88. The molecule has 1 rings (SSSR count). The quantitative estimate of drug-likeness (QED) is 0.585. The molecule has 1 heterocycles. The number of rotatable bonds is 9. The van der Waals surface area contributed by atoms with Crippen molar-refractivity contribution in [2.75, 3.05) is 32.1 Å². The molecule has 0 aliphatic carbocycles. The molecule has 0 unspecified atom stereocenters. The monoisotopic (exact) mass is 295 g/mol. The van der Waals surface area contributed by atoms with Gasteiger partial charge >= 0.3 is 5.97 Å². The summed E-state index contributed by atoms with van der Waals surface area (Å²) in [5.41, 5.74) is 0.885. The Balaban J connectivity index is 2.49. The van der Waals surface area contributed by atoms with E-state index in [0.717, 1.165) is 0 Å². The molecule has 7 nitrogen and oxygen atoms in total. The number of amides is 1. The Bertz CT molecular complexity index is 491. The molecule has 0 radical (unpaired) electrons. The fourth-order valence-corrected chi connectivity index (χ4v) is 1.67. The number of carboxylic acid groups (broad SMARTS) is 1. The van der Waals surface area contributed by atoms with Crippen molar-refractivity contribution in [3.63, 3.8) is 0 Å². The van der Waals surface area contributed by atoms with Crippen LogP contribution < -0.4 is 10.6 Å². The Hall–Kier alpha value is -2.15. The number of nitrogens with one attached hydrogen (secondary N) is 2. The van der Waals surface area contributed by atoms with E-state index in [-0.39, 0.29) is 17.9 Å². The zero-order chi connectivity index (χ0) is 15.7. The molecule has 0 saturated carbocycles. The summed E-state index contributed by atoms with van der Waals surface area (Å²) in [4.78, 5) is 26.8. The highest BCUT2D eigenvalue weighted by atomic mass is 16.5. The van der Waals surface area contributed by atoms with Crippen LogP contribution in [0.5, 0.6) is 0 Å². The van der Waals surface area contributed by atoms with Crippen LogP contribution >= 0.6 is 0 Å². The van der Waals surface area contributed by atoms with Gasteiger partial charge in [0.15, 0.2) is 0 Å². The maximum absolute atomic E-state index is 11.5. The molecule has 0 aromatic carbocycles. The maximum atomic E-state index is 11.5. The summed E-state index contributed by atoms with van der Waals surface area (Å²) in [6.45, 7) is 3.24. The van der Waals surface area contributed by atoms with Gasteiger partial charge in [-0.25, -0.2) is 9.78 Å². The molecule has 1 aromatic rings. The zero-order valence-electron chi connectivity index (χ0n) is 12.3. The summed E-state index contributed by atoms with van der Waals surface area (Å²) in [7, 11) is 1.57. The molecule has 0 aliphatic heterocycles. The minimum atomic E-state index is -0.993. The Morgan fingerprint density at radius 1 is 1.33 bits per heavy atom. The molecule has 0 bridgehead atoms. The molecule has 1 aromatic heterocycles. The Morgan fingerprint density at radius 2 is 2.10 bits per heavy atom. The molecule has 116 valence electrons. The predicted molar refractivity (Wildman–Crippen MR) is 78.6 cm³/mol. The lowest BCUT2D eigenvalue weighted by Gasteiger charge is -2.09. The molecule has 1 amide bonds. The van der Waals surface area contributed by atoms with E-state index in [1.54, 1.807) is 13.2 Å². The first-order valence-electron chi connectivity index (χ1n) is 6.80. The summed E-state index contributed by atoms with van der Waals surface area (Å²) in [6, 6.07) is 3.01. The van der Waals surface area contributed by atoms with Crippen LogP contribution in [0, 0.1) is 0 Å². The van der Waals surface area contributed by atoms with Crippen molar-refractivity contribution in [2.45, 2.75) is 19.8 Å². The number of pyridine rings is 1. The first-order valence-corrected chi connectivity index (χ1v) is 6.80. The minimum Gasteiger partial charge on any atom is -0.478 e.